The van der Waals surface area contributed by atoms with Crippen LogP contribution in [0.2, 0.25) is 0 Å². The van der Waals surface area contributed by atoms with Crippen LogP contribution in [0.25, 0.3) is 0 Å². The van der Waals surface area contributed by atoms with Crippen LogP contribution in [0.1, 0.15) is 11.5 Å². The molecular formula is C9H14N2O2. The van der Waals surface area contributed by atoms with Gasteiger partial charge in [-0.1, -0.05) is 0 Å². The van der Waals surface area contributed by atoms with Gasteiger partial charge in [-0.2, -0.15) is 0 Å². The lowest BCUT2D eigenvalue weighted by Gasteiger charge is -2.08. The Morgan fingerprint density at radius 1 is 1.62 bits per heavy atom. The zero-order chi connectivity index (χ0) is 9.68. The maximum Gasteiger partial charge on any atom is 0.125 e. The number of rotatable bonds is 4. The first-order valence-corrected chi connectivity index (χ1v) is 4.18. The molecule has 1 heterocycles. The van der Waals surface area contributed by atoms with Crippen LogP contribution in [-0.2, 0) is 11.2 Å². The second-order valence-corrected chi connectivity index (χ2v) is 2.91. The van der Waals surface area contributed by atoms with Crippen LogP contribution < -0.4 is 0 Å². The van der Waals surface area contributed by atoms with Gasteiger partial charge in [-0.25, -0.2) is 9.97 Å². The topological polar surface area (TPSA) is 55.2 Å². The van der Waals surface area contributed by atoms with E-state index in [1.54, 1.807) is 19.4 Å². The summed E-state index contributed by atoms with van der Waals surface area (Å²) < 4.78 is 4.81. The van der Waals surface area contributed by atoms with E-state index < -0.39 is 6.10 Å². The van der Waals surface area contributed by atoms with E-state index in [0.717, 1.165) is 11.5 Å². The Morgan fingerprint density at radius 2 is 2.38 bits per heavy atom. The van der Waals surface area contributed by atoms with E-state index in [1.807, 2.05) is 6.92 Å². The summed E-state index contributed by atoms with van der Waals surface area (Å²) in [5.41, 5.74) is 0.844. The van der Waals surface area contributed by atoms with Crippen LogP contribution in [0.5, 0.6) is 0 Å². The zero-order valence-electron chi connectivity index (χ0n) is 7.90. The summed E-state index contributed by atoms with van der Waals surface area (Å²) >= 11 is 0. The number of aliphatic hydroxyl groups is 1. The highest BCUT2D eigenvalue weighted by atomic mass is 16.5. The van der Waals surface area contributed by atoms with Gasteiger partial charge >= 0.3 is 0 Å². The minimum absolute atomic E-state index is 0.336. The number of aryl methyl sites for hydroxylation is 1. The molecule has 0 aliphatic carbocycles. The van der Waals surface area contributed by atoms with E-state index in [9.17, 15) is 5.11 Å². The van der Waals surface area contributed by atoms with Gasteiger partial charge in [0, 0.05) is 25.4 Å². The molecule has 13 heavy (non-hydrogen) atoms. The van der Waals surface area contributed by atoms with Crippen molar-refractivity contribution >= 4 is 0 Å². The largest absolute Gasteiger partial charge is 0.390 e. The van der Waals surface area contributed by atoms with Crippen molar-refractivity contribution in [3.63, 3.8) is 0 Å². The Labute approximate surface area is 77.6 Å². The number of aliphatic hydroxyl groups excluding tert-OH is 1. The molecule has 0 saturated heterocycles. The molecule has 0 radical (unpaired) electrons. The fraction of sp³-hybridized carbons (Fsp3) is 0.556. The summed E-state index contributed by atoms with van der Waals surface area (Å²) in [7, 11) is 1.56. The van der Waals surface area contributed by atoms with E-state index >= 15 is 0 Å². The van der Waals surface area contributed by atoms with Gasteiger partial charge in [-0.3, -0.25) is 0 Å². The lowest BCUT2D eigenvalue weighted by Crippen LogP contribution is -2.17. The molecule has 0 saturated carbocycles. The molecule has 0 amide bonds. The minimum atomic E-state index is -0.487. The Balaban J connectivity index is 2.53. The summed E-state index contributed by atoms with van der Waals surface area (Å²) in [5, 5.41) is 9.41. The molecule has 0 aliphatic heterocycles. The Hall–Kier alpha value is -1.00. The Morgan fingerprint density at radius 3 is 3.00 bits per heavy atom. The molecule has 4 nitrogen and oxygen atoms in total. The SMILES string of the molecule is COCC(O)Cc1ccnc(C)n1. The third-order valence-electron chi connectivity index (χ3n) is 1.64. The zero-order valence-corrected chi connectivity index (χ0v) is 7.90. The first-order valence-electron chi connectivity index (χ1n) is 4.18. The molecule has 1 unspecified atom stereocenters. The van der Waals surface area contributed by atoms with Crippen LogP contribution in [0.3, 0.4) is 0 Å². The fourth-order valence-electron chi connectivity index (χ4n) is 1.11. The maximum absolute atomic E-state index is 9.41. The van der Waals surface area contributed by atoms with E-state index in [0.29, 0.717) is 13.0 Å². The van der Waals surface area contributed by atoms with Gasteiger partial charge in [-0.05, 0) is 13.0 Å². The van der Waals surface area contributed by atoms with Crippen LogP contribution in [0.15, 0.2) is 12.3 Å². The van der Waals surface area contributed by atoms with Crippen molar-refractivity contribution in [2.24, 2.45) is 0 Å². The third-order valence-corrected chi connectivity index (χ3v) is 1.64. The van der Waals surface area contributed by atoms with Gasteiger partial charge in [0.05, 0.1) is 12.7 Å². The van der Waals surface area contributed by atoms with Crippen LogP contribution in [0, 0.1) is 6.92 Å². The molecule has 0 spiro atoms. The van der Waals surface area contributed by atoms with Crippen LogP contribution in [-0.4, -0.2) is 34.9 Å². The molecular weight excluding hydrogens is 168 g/mol. The van der Waals surface area contributed by atoms with Crippen molar-refractivity contribution in [2.75, 3.05) is 13.7 Å². The van der Waals surface area contributed by atoms with Gasteiger partial charge in [0.15, 0.2) is 0 Å². The summed E-state index contributed by atoms with van der Waals surface area (Å²) in [4.78, 5) is 8.14. The normalized spacial score (nSPS) is 12.8. The van der Waals surface area contributed by atoms with Crippen LogP contribution >= 0.6 is 0 Å². The first-order chi connectivity index (χ1) is 6.22. The minimum Gasteiger partial charge on any atom is -0.390 e. The molecule has 0 aliphatic rings. The quantitative estimate of drug-likeness (QED) is 0.729. The summed E-state index contributed by atoms with van der Waals surface area (Å²) in [6, 6.07) is 1.80. The second kappa shape index (κ2) is 4.89. The molecule has 4 heteroatoms. The Bertz CT molecular complexity index is 266. The first kappa shape index (κ1) is 10.1. The number of hydrogen-bond donors (Lipinski definition) is 1. The number of hydrogen-bond acceptors (Lipinski definition) is 4. The highest BCUT2D eigenvalue weighted by molar-refractivity contribution is 5.02. The highest BCUT2D eigenvalue weighted by Crippen LogP contribution is 2.00. The van der Waals surface area contributed by atoms with Crippen molar-refractivity contribution in [3.8, 4) is 0 Å². The lowest BCUT2D eigenvalue weighted by atomic mass is 10.2. The molecule has 0 bridgehead atoms. The molecule has 0 fully saturated rings. The van der Waals surface area contributed by atoms with E-state index in [-0.39, 0.29) is 0 Å². The van der Waals surface area contributed by atoms with Gasteiger partial charge < -0.3 is 9.84 Å². The number of ether oxygens (including phenoxy) is 1. The van der Waals surface area contributed by atoms with Crippen molar-refractivity contribution in [2.45, 2.75) is 19.4 Å². The molecule has 0 aromatic carbocycles. The summed E-state index contributed by atoms with van der Waals surface area (Å²) in [6.07, 6.45) is 1.72. The smallest absolute Gasteiger partial charge is 0.125 e. The van der Waals surface area contributed by atoms with E-state index in [1.165, 1.54) is 0 Å². The number of methoxy groups -OCH3 is 1. The predicted octanol–water partition coefficient (Wildman–Crippen LogP) is 0.335. The predicted molar refractivity (Wildman–Crippen MR) is 48.4 cm³/mol. The number of nitrogens with zero attached hydrogens (tertiary/aromatic N) is 2. The van der Waals surface area contributed by atoms with Gasteiger partial charge in [0.2, 0.25) is 0 Å². The highest BCUT2D eigenvalue weighted by Gasteiger charge is 2.05. The summed E-state index contributed by atoms with van der Waals surface area (Å²) in [6.45, 7) is 2.16. The van der Waals surface area contributed by atoms with Crippen molar-refractivity contribution in [1.29, 1.82) is 0 Å². The standard InChI is InChI=1S/C9H14N2O2/c1-7-10-4-3-8(11-7)5-9(12)6-13-2/h3-4,9,12H,5-6H2,1-2H3. The van der Waals surface area contributed by atoms with Crippen molar-refractivity contribution in [3.05, 3.63) is 23.8 Å². The molecule has 1 atom stereocenters. The number of aromatic nitrogens is 2. The second-order valence-electron chi connectivity index (χ2n) is 2.91. The van der Waals surface area contributed by atoms with Crippen LogP contribution in [0.4, 0.5) is 0 Å². The Kier molecular flexibility index (Phi) is 3.79. The molecule has 1 aromatic rings. The van der Waals surface area contributed by atoms with Crippen molar-refractivity contribution < 1.29 is 9.84 Å². The molecule has 72 valence electrons. The molecule has 1 aromatic heterocycles. The van der Waals surface area contributed by atoms with Gasteiger partial charge in [-0.15, -0.1) is 0 Å². The molecule has 1 rings (SSSR count). The fourth-order valence-corrected chi connectivity index (χ4v) is 1.11. The lowest BCUT2D eigenvalue weighted by molar-refractivity contribution is 0.0644. The average Bonchev–Trinajstić information content (AvgIpc) is 2.04. The third kappa shape index (κ3) is 3.48. The summed E-state index contributed by atoms with van der Waals surface area (Å²) in [5.74, 6) is 0.724. The van der Waals surface area contributed by atoms with Gasteiger partial charge in [0.25, 0.3) is 0 Å². The molecule has 1 N–H and O–H groups in total. The van der Waals surface area contributed by atoms with E-state index in [4.69, 9.17) is 4.74 Å². The maximum atomic E-state index is 9.41. The van der Waals surface area contributed by atoms with E-state index in [2.05, 4.69) is 9.97 Å². The van der Waals surface area contributed by atoms with Gasteiger partial charge in [0.1, 0.15) is 5.82 Å². The monoisotopic (exact) mass is 182 g/mol. The average molecular weight is 182 g/mol. The van der Waals surface area contributed by atoms with Crippen molar-refractivity contribution in [1.82, 2.24) is 9.97 Å².